The first kappa shape index (κ1) is 17.2. The molecule has 1 aromatic heterocycles. The SMILES string of the molecule is NC(=O)c1ccc[n+](C(C=O)Nc2ccccc2Nc2ccccc2)c1. The number of para-hydroxylation sites is 3. The van der Waals surface area contributed by atoms with E-state index in [9.17, 15) is 9.59 Å². The molecule has 0 aliphatic rings. The van der Waals surface area contributed by atoms with Crippen LogP contribution in [0.4, 0.5) is 17.1 Å². The van der Waals surface area contributed by atoms with Crippen molar-refractivity contribution in [2.45, 2.75) is 6.17 Å². The van der Waals surface area contributed by atoms with E-state index in [0.717, 1.165) is 23.3 Å². The lowest BCUT2D eigenvalue weighted by Crippen LogP contribution is -2.45. The number of nitrogens with one attached hydrogen (secondary N) is 2. The third-order valence-electron chi connectivity index (χ3n) is 3.84. The summed E-state index contributed by atoms with van der Waals surface area (Å²) in [6.07, 6.45) is 3.32. The summed E-state index contributed by atoms with van der Waals surface area (Å²) in [7, 11) is 0. The van der Waals surface area contributed by atoms with Crippen LogP contribution in [0.1, 0.15) is 16.5 Å². The van der Waals surface area contributed by atoms with Crippen molar-refractivity contribution < 1.29 is 14.2 Å². The highest BCUT2D eigenvalue weighted by Gasteiger charge is 2.20. The number of aldehydes is 1. The van der Waals surface area contributed by atoms with Gasteiger partial charge in [-0.1, -0.05) is 30.3 Å². The molecule has 0 aliphatic heterocycles. The molecule has 0 saturated carbocycles. The number of pyridine rings is 1. The largest absolute Gasteiger partial charge is 0.365 e. The topological polar surface area (TPSA) is 88.1 Å². The van der Waals surface area contributed by atoms with Crippen LogP contribution in [0.25, 0.3) is 0 Å². The molecule has 3 aromatic rings. The standard InChI is InChI=1S/C20H18N4O2/c21-20(26)15-7-6-12-24(13-15)19(14-25)23-18-11-5-4-10-17(18)22-16-8-2-1-3-9-16/h1-14,19,22-23H,(H-,21,26)/p+1. The predicted octanol–water partition coefficient (Wildman–Crippen LogP) is 2.63. The number of carbonyl (C=O) groups excluding carboxylic acids is 2. The van der Waals surface area contributed by atoms with Crippen molar-refractivity contribution >= 4 is 29.3 Å². The molecule has 26 heavy (non-hydrogen) atoms. The first-order chi connectivity index (χ1) is 12.7. The molecule has 0 aliphatic carbocycles. The second-order valence-corrected chi connectivity index (χ2v) is 5.67. The van der Waals surface area contributed by atoms with Gasteiger partial charge in [0.25, 0.3) is 12.1 Å². The molecule has 1 amide bonds. The third kappa shape index (κ3) is 4.05. The molecule has 1 unspecified atom stereocenters. The molecule has 6 nitrogen and oxygen atoms in total. The molecule has 0 fully saturated rings. The summed E-state index contributed by atoms with van der Waals surface area (Å²) in [5, 5.41) is 6.50. The van der Waals surface area contributed by atoms with Crippen molar-refractivity contribution in [1.29, 1.82) is 0 Å². The maximum Gasteiger partial charge on any atom is 0.288 e. The summed E-state index contributed by atoms with van der Waals surface area (Å²) in [5.74, 6) is -0.546. The van der Waals surface area contributed by atoms with Gasteiger partial charge in [0.2, 0.25) is 6.29 Å². The summed E-state index contributed by atoms with van der Waals surface area (Å²) in [4.78, 5) is 23.0. The average molecular weight is 347 g/mol. The molecule has 0 saturated heterocycles. The normalized spacial score (nSPS) is 11.4. The van der Waals surface area contributed by atoms with Crippen LogP contribution in [-0.2, 0) is 4.79 Å². The molecule has 4 N–H and O–H groups in total. The number of rotatable bonds is 7. The van der Waals surface area contributed by atoms with E-state index in [0.29, 0.717) is 5.56 Å². The van der Waals surface area contributed by atoms with Crippen molar-refractivity contribution in [3.63, 3.8) is 0 Å². The maximum atomic E-state index is 11.6. The van der Waals surface area contributed by atoms with Gasteiger partial charge in [-0.05, 0) is 30.3 Å². The van der Waals surface area contributed by atoms with Gasteiger partial charge in [-0.2, -0.15) is 4.57 Å². The van der Waals surface area contributed by atoms with Gasteiger partial charge >= 0.3 is 0 Å². The van der Waals surface area contributed by atoms with Crippen LogP contribution in [0.3, 0.4) is 0 Å². The Morgan fingerprint density at radius 2 is 1.65 bits per heavy atom. The minimum Gasteiger partial charge on any atom is -0.365 e. The van der Waals surface area contributed by atoms with E-state index in [1.54, 1.807) is 29.1 Å². The lowest BCUT2D eigenvalue weighted by Gasteiger charge is -2.15. The first-order valence-corrected chi connectivity index (χ1v) is 8.11. The van der Waals surface area contributed by atoms with Gasteiger partial charge in [0.1, 0.15) is 5.56 Å². The quantitative estimate of drug-likeness (QED) is 0.453. The van der Waals surface area contributed by atoms with Gasteiger partial charge in [-0.15, -0.1) is 0 Å². The number of primary amides is 1. The van der Waals surface area contributed by atoms with Crippen LogP contribution >= 0.6 is 0 Å². The molecule has 6 heteroatoms. The Labute approximate surface area is 151 Å². The summed E-state index contributed by atoms with van der Waals surface area (Å²) in [5.41, 5.74) is 8.17. The molecular formula is C20H19N4O2+. The highest BCUT2D eigenvalue weighted by molar-refractivity contribution is 5.92. The number of nitrogens with zero attached hydrogens (tertiary/aromatic N) is 1. The van der Waals surface area contributed by atoms with E-state index in [1.165, 1.54) is 0 Å². The molecule has 2 aromatic carbocycles. The van der Waals surface area contributed by atoms with Gasteiger partial charge < -0.3 is 16.4 Å². The first-order valence-electron chi connectivity index (χ1n) is 8.11. The van der Waals surface area contributed by atoms with Crippen LogP contribution in [0, 0.1) is 0 Å². The van der Waals surface area contributed by atoms with Gasteiger partial charge in [0.15, 0.2) is 12.4 Å². The van der Waals surface area contributed by atoms with Crippen LogP contribution < -0.4 is 20.9 Å². The summed E-state index contributed by atoms with van der Waals surface area (Å²) in [6, 6.07) is 20.6. The number of anilines is 3. The summed E-state index contributed by atoms with van der Waals surface area (Å²) in [6.45, 7) is 0. The van der Waals surface area contributed by atoms with Gasteiger partial charge in [0.05, 0.1) is 11.4 Å². The van der Waals surface area contributed by atoms with Crippen molar-refractivity contribution in [1.82, 2.24) is 0 Å². The van der Waals surface area contributed by atoms with E-state index in [1.807, 2.05) is 54.6 Å². The lowest BCUT2D eigenvalue weighted by molar-refractivity contribution is -0.701. The number of amides is 1. The Morgan fingerprint density at radius 1 is 0.962 bits per heavy atom. The van der Waals surface area contributed by atoms with Gasteiger partial charge in [-0.3, -0.25) is 9.59 Å². The van der Waals surface area contributed by atoms with E-state index in [2.05, 4.69) is 10.6 Å². The second kappa shape index (κ2) is 7.94. The fourth-order valence-electron chi connectivity index (χ4n) is 2.54. The zero-order valence-electron chi connectivity index (χ0n) is 14.0. The molecule has 0 radical (unpaired) electrons. The number of carbonyl (C=O) groups is 2. The summed E-state index contributed by atoms with van der Waals surface area (Å²) < 4.78 is 1.60. The highest BCUT2D eigenvalue weighted by Crippen LogP contribution is 2.26. The Bertz CT molecular complexity index is 912. The zero-order chi connectivity index (χ0) is 18.4. The lowest BCUT2D eigenvalue weighted by atomic mass is 10.2. The number of hydrogen-bond acceptors (Lipinski definition) is 4. The monoisotopic (exact) mass is 347 g/mol. The number of hydrogen-bond donors (Lipinski definition) is 3. The Hall–Kier alpha value is -3.67. The number of aromatic nitrogens is 1. The zero-order valence-corrected chi connectivity index (χ0v) is 14.0. The predicted molar refractivity (Wildman–Crippen MR) is 100 cm³/mol. The molecule has 130 valence electrons. The van der Waals surface area contributed by atoms with Crippen molar-refractivity contribution in [3.05, 3.63) is 84.7 Å². The van der Waals surface area contributed by atoms with Gasteiger partial charge in [0, 0.05) is 11.8 Å². The maximum absolute atomic E-state index is 11.6. The second-order valence-electron chi connectivity index (χ2n) is 5.67. The highest BCUT2D eigenvalue weighted by atomic mass is 16.1. The molecule has 1 atom stereocenters. The van der Waals surface area contributed by atoms with E-state index in [4.69, 9.17) is 5.73 Å². The van der Waals surface area contributed by atoms with E-state index in [-0.39, 0.29) is 0 Å². The van der Waals surface area contributed by atoms with Gasteiger partial charge in [-0.25, -0.2) is 0 Å². The smallest absolute Gasteiger partial charge is 0.288 e. The molecule has 1 heterocycles. The number of benzene rings is 2. The number of nitrogens with two attached hydrogens (primary N) is 1. The van der Waals surface area contributed by atoms with Crippen molar-refractivity contribution in [2.24, 2.45) is 5.73 Å². The minimum atomic E-state index is -0.687. The molecule has 0 spiro atoms. The van der Waals surface area contributed by atoms with Crippen molar-refractivity contribution in [3.8, 4) is 0 Å². The fourth-order valence-corrected chi connectivity index (χ4v) is 2.54. The minimum absolute atomic E-state index is 0.330. The van der Waals surface area contributed by atoms with Crippen molar-refractivity contribution in [2.75, 3.05) is 10.6 Å². The Kier molecular flexibility index (Phi) is 5.24. The molecule has 0 bridgehead atoms. The van der Waals surface area contributed by atoms with Crippen LogP contribution in [0.5, 0.6) is 0 Å². The van der Waals surface area contributed by atoms with E-state index < -0.39 is 12.1 Å². The Morgan fingerprint density at radius 3 is 2.35 bits per heavy atom. The Balaban J connectivity index is 1.86. The third-order valence-corrected chi connectivity index (χ3v) is 3.84. The van der Waals surface area contributed by atoms with Crippen LogP contribution in [-0.4, -0.2) is 12.2 Å². The average Bonchev–Trinajstić information content (AvgIpc) is 2.68. The van der Waals surface area contributed by atoms with E-state index >= 15 is 0 Å². The summed E-state index contributed by atoms with van der Waals surface area (Å²) >= 11 is 0. The molecular weight excluding hydrogens is 328 g/mol. The van der Waals surface area contributed by atoms with Crippen LogP contribution in [0.2, 0.25) is 0 Å². The molecule has 3 rings (SSSR count). The fraction of sp³-hybridized carbons (Fsp3) is 0.0500. The van der Waals surface area contributed by atoms with Crippen LogP contribution in [0.15, 0.2) is 79.1 Å².